The van der Waals surface area contributed by atoms with Gasteiger partial charge in [0.2, 0.25) is 5.91 Å². The molecule has 1 unspecified atom stereocenters. The Hall–Kier alpha value is -3.78. The molecule has 0 spiro atoms. The van der Waals surface area contributed by atoms with Crippen LogP contribution in [0.2, 0.25) is 5.02 Å². The second-order valence-corrected chi connectivity index (χ2v) is 7.52. The molecule has 3 aromatic rings. The summed E-state index contributed by atoms with van der Waals surface area (Å²) in [6.45, 7) is -0.241. The first-order valence-corrected chi connectivity index (χ1v) is 9.76. The predicted molar refractivity (Wildman–Crippen MR) is 114 cm³/mol. The lowest BCUT2D eigenvalue weighted by atomic mass is 9.88. The number of aromatic nitrogens is 1. The highest BCUT2D eigenvalue weighted by molar-refractivity contribution is 6.30. The molecule has 1 aliphatic rings. The van der Waals surface area contributed by atoms with Crippen LogP contribution in [0.25, 0.3) is 5.69 Å². The molecule has 1 aliphatic heterocycles. The van der Waals surface area contributed by atoms with Crippen LogP contribution in [0.5, 0.6) is 5.75 Å². The van der Waals surface area contributed by atoms with Gasteiger partial charge in [-0.3, -0.25) is 9.59 Å². The second kappa shape index (κ2) is 8.16. The van der Waals surface area contributed by atoms with Gasteiger partial charge in [-0.2, -0.15) is 0 Å². The fourth-order valence-electron chi connectivity index (χ4n) is 3.70. The molecular weight excluding hydrogens is 422 g/mol. The molecule has 0 saturated heterocycles. The zero-order valence-corrected chi connectivity index (χ0v) is 16.9. The number of ether oxygens (including phenoxy) is 1. The van der Waals surface area contributed by atoms with E-state index in [2.05, 4.69) is 5.32 Å². The number of carboxylic acid groups (broad SMARTS) is 1. The molecule has 4 rings (SSSR count). The Labute approximate surface area is 182 Å². The number of fused-ring (bicyclic) bond motifs is 1. The first-order valence-electron chi connectivity index (χ1n) is 9.39. The van der Waals surface area contributed by atoms with Gasteiger partial charge in [0, 0.05) is 29.2 Å². The number of benzene rings is 2. The zero-order chi connectivity index (χ0) is 22.1. The van der Waals surface area contributed by atoms with Crippen LogP contribution in [0.15, 0.2) is 54.7 Å². The molecule has 2 aromatic carbocycles. The highest BCUT2D eigenvalue weighted by atomic mass is 35.5. The summed E-state index contributed by atoms with van der Waals surface area (Å²) in [6, 6.07) is 13.9. The van der Waals surface area contributed by atoms with Gasteiger partial charge >= 0.3 is 5.97 Å². The first-order chi connectivity index (χ1) is 14.8. The molecule has 1 atom stereocenters. The van der Waals surface area contributed by atoms with Crippen LogP contribution in [-0.4, -0.2) is 34.1 Å². The van der Waals surface area contributed by atoms with Gasteiger partial charge in [0.1, 0.15) is 11.3 Å². The SMILES string of the molecule is NC(=O)COc1ccc(C2CC(=O)Nc3c(C(=O)O)cn(-c4cccc(Cl)c4)c32)cc1. The number of halogens is 1. The van der Waals surface area contributed by atoms with Gasteiger partial charge in [-0.25, -0.2) is 4.79 Å². The van der Waals surface area contributed by atoms with Crippen LogP contribution in [0, 0.1) is 0 Å². The molecule has 31 heavy (non-hydrogen) atoms. The lowest BCUT2D eigenvalue weighted by Gasteiger charge is -2.26. The van der Waals surface area contributed by atoms with Crippen LogP contribution in [0.3, 0.4) is 0 Å². The highest BCUT2D eigenvalue weighted by Gasteiger charge is 2.34. The molecule has 4 N–H and O–H groups in total. The topological polar surface area (TPSA) is 124 Å². The minimum absolute atomic E-state index is 0.00515. The van der Waals surface area contributed by atoms with E-state index in [1.54, 1.807) is 47.0 Å². The summed E-state index contributed by atoms with van der Waals surface area (Å²) in [5, 5.41) is 12.9. The average Bonchev–Trinajstić information content (AvgIpc) is 3.12. The van der Waals surface area contributed by atoms with Gasteiger partial charge in [0.15, 0.2) is 6.61 Å². The fraction of sp³-hybridized carbons (Fsp3) is 0.136. The van der Waals surface area contributed by atoms with Gasteiger partial charge < -0.3 is 25.5 Å². The number of anilines is 1. The van der Waals surface area contributed by atoms with Gasteiger partial charge in [-0.1, -0.05) is 29.8 Å². The summed E-state index contributed by atoms with van der Waals surface area (Å²) in [5.41, 5.74) is 7.47. The number of nitrogens with zero attached hydrogens (tertiary/aromatic N) is 1. The monoisotopic (exact) mass is 439 g/mol. The van der Waals surface area contributed by atoms with Crippen LogP contribution in [0.1, 0.15) is 34.0 Å². The number of carbonyl (C=O) groups excluding carboxylic acids is 2. The number of nitrogens with one attached hydrogen (secondary N) is 1. The lowest BCUT2D eigenvalue weighted by Crippen LogP contribution is -2.25. The van der Waals surface area contributed by atoms with Crippen molar-refractivity contribution in [2.24, 2.45) is 5.73 Å². The van der Waals surface area contributed by atoms with Gasteiger partial charge in [0.05, 0.1) is 11.4 Å². The molecule has 8 nitrogen and oxygen atoms in total. The number of nitrogens with two attached hydrogens (primary N) is 1. The van der Waals surface area contributed by atoms with Crippen molar-refractivity contribution in [2.75, 3.05) is 11.9 Å². The minimum Gasteiger partial charge on any atom is -0.484 e. The summed E-state index contributed by atoms with van der Waals surface area (Å²) < 4.78 is 7.03. The van der Waals surface area contributed by atoms with Crippen molar-refractivity contribution in [3.8, 4) is 11.4 Å². The number of primary amides is 1. The van der Waals surface area contributed by atoms with E-state index >= 15 is 0 Å². The molecule has 2 amide bonds. The normalized spacial score (nSPS) is 15.1. The van der Waals surface area contributed by atoms with E-state index in [-0.39, 0.29) is 30.2 Å². The summed E-state index contributed by atoms with van der Waals surface area (Å²) in [6.07, 6.45) is 1.62. The summed E-state index contributed by atoms with van der Waals surface area (Å²) in [7, 11) is 0. The van der Waals surface area contributed by atoms with Crippen molar-refractivity contribution < 1.29 is 24.2 Å². The summed E-state index contributed by atoms with van der Waals surface area (Å²) in [5.74, 6) is -1.95. The van der Waals surface area contributed by atoms with Crippen molar-refractivity contribution in [3.63, 3.8) is 0 Å². The molecule has 9 heteroatoms. The smallest absolute Gasteiger partial charge is 0.339 e. The van der Waals surface area contributed by atoms with E-state index in [1.807, 2.05) is 6.07 Å². The molecule has 158 valence electrons. The van der Waals surface area contributed by atoms with Crippen molar-refractivity contribution in [1.82, 2.24) is 4.57 Å². The van der Waals surface area contributed by atoms with E-state index in [1.165, 1.54) is 6.20 Å². The Morgan fingerprint density at radius 1 is 1.23 bits per heavy atom. The first kappa shape index (κ1) is 20.5. The van der Waals surface area contributed by atoms with Crippen molar-refractivity contribution in [2.45, 2.75) is 12.3 Å². The van der Waals surface area contributed by atoms with Gasteiger partial charge in [0.25, 0.3) is 5.91 Å². The molecule has 0 aliphatic carbocycles. The van der Waals surface area contributed by atoms with Crippen LogP contribution < -0.4 is 15.8 Å². The number of amides is 2. The number of rotatable bonds is 6. The molecular formula is C22H18ClN3O5. The van der Waals surface area contributed by atoms with E-state index in [0.29, 0.717) is 22.2 Å². The number of hydrogen-bond donors (Lipinski definition) is 3. The summed E-state index contributed by atoms with van der Waals surface area (Å²) >= 11 is 6.15. The Morgan fingerprint density at radius 3 is 2.61 bits per heavy atom. The Bertz CT molecular complexity index is 1190. The standard InChI is InChI=1S/C22H18ClN3O5/c23-13-2-1-3-14(8-13)26-10-17(22(29)30)20-21(26)16(9-19(28)25-20)12-4-6-15(7-5-12)31-11-18(24)27/h1-8,10,16H,9,11H2,(H2,24,27)(H,25,28)(H,29,30). The van der Waals surface area contributed by atoms with Crippen LogP contribution in [0.4, 0.5) is 5.69 Å². The van der Waals surface area contributed by atoms with Crippen LogP contribution >= 0.6 is 11.6 Å². The maximum atomic E-state index is 12.4. The van der Waals surface area contributed by atoms with Crippen molar-refractivity contribution >= 4 is 35.1 Å². The maximum absolute atomic E-state index is 12.4. The molecule has 0 saturated carbocycles. The Morgan fingerprint density at radius 2 is 1.97 bits per heavy atom. The van der Waals surface area contributed by atoms with E-state index < -0.39 is 17.8 Å². The molecule has 0 fully saturated rings. The lowest BCUT2D eigenvalue weighted by molar-refractivity contribution is -0.120. The van der Waals surface area contributed by atoms with Gasteiger partial charge in [-0.05, 0) is 35.9 Å². The van der Waals surface area contributed by atoms with E-state index in [0.717, 1.165) is 5.56 Å². The number of carbonyl (C=O) groups is 3. The largest absolute Gasteiger partial charge is 0.484 e. The quantitative estimate of drug-likeness (QED) is 0.544. The van der Waals surface area contributed by atoms with Gasteiger partial charge in [-0.15, -0.1) is 0 Å². The van der Waals surface area contributed by atoms with Crippen molar-refractivity contribution in [3.05, 3.63) is 76.6 Å². The third kappa shape index (κ3) is 4.10. The molecule has 1 aromatic heterocycles. The minimum atomic E-state index is -1.15. The Kier molecular flexibility index (Phi) is 5.39. The van der Waals surface area contributed by atoms with E-state index in [9.17, 15) is 19.5 Å². The molecule has 0 bridgehead atoms. The second-order valence-electron chi connectivity index (χ2n) is 7.09. The zero-order valence-electron chi connectivity index (χ0n) is 16.2. The van der Waals surface area contributed by atoms with Crippen LogP contribution in [-0.2, 0) is 9.59 Å². The highest BCUT2D eigenvalue weighted by Crippen LogP contribution is 2.42. The summed E-state index contributed by atoms with van der Waals surface area (Å²) in [4.78, 5) is 35.2. The Balaban J connectivity index is 1.81. The average molecular weight is 440 g/mol. The molecule has 0 radical (unpaired) electrons. The maximum Gasteiger partial charge on any atom is 0.339 e. The predicted octanol–water partition coefficient (Wildman–Crippen LogP) is 3.17. The third-order valence-corrected chi connectivity index (χ3v) is 5.24. The van der Waals surface area contributed by atoms with Crippen molar-refractivity contribution in [1.29, 1.82) is 0 Å². The molecule has 2 heterocycles. The third-order valence-electron chi connectivity index (χ3n) is 5.01. The fourth-order valence-corrected chi connectivity index (χ4v) is 3.88. The number of hydrogen-bond acceptors (Lipinski definition) is 4. The number of aromatic carboxylic acids is 1. The van der Waals surface area contributed by atoms with E-state index in [4.69, 9.17) is 22.1 Å². The number of carboxylic acids is 1.